The molecule has 0 aliphatic carbocycles. The van der Waals surface area contributed by atoms with Crippen molar-refractivity contribution in [3.8, 4) is 11.3 Å². The number of aryl methyl sites for hydroxylation is 2. The Balaban J connectivity index is 2.59. The van der Waals surface area contributed by atoms with Crippen molar-refractivity contribution in [2.24, 2.45) is 0 Å². The molecule has 0 unspecified atom stereocenters. The molecule has 8 heteroatoms. The van der Waals surface area contributed by atoms with E-state index in [0.717, 1.165) is 21.8 Å². The summed E-state index contributed by atoms with van der Waals surface area (Å²) >= 11 is 3.28. The molecule has 1 amide bonds. The van der Waals surface area contributed by atoms with Crippen molar-refractivity contribution in [1.29, 1.82) is 0 Å². The summed E-state index contributed by atoms with van der Waals surface area (Å²) in [6.45, 7) is 9.24. The smallest absolute Gasteiger partial charge is 0.377 e. The average molecular weight is 422 g/mol. The Kier molecular flexibility index (Phi) is 6.09. The molecule has 7 nitrogen and oxygen atoms in total. The molecule has 1 heterocycles. The van der Waals surface area contributed by atoms with E-state index in [9.17, 15) is 9.59 Å². The summed E-state index contributed by atoms with van der Waals surface area (Å²) in [5.41, 5.74) is 2.78. The van der Waals surface area contributed by atoms with E-state index in [4.69, 9.17) is 4.84 Å². The van der Waals surface area contributed by atoms with Crippen LogP contribution in [0.25, 0.3) is 11.3 Å². The van der Waals surface area contributed by atoms with Gasteiger partial charge in [-0.05, 0) is 61.7 Å². The maximum atomic E-state index is 12.2. The van der Waals surface area contributed by atoms with Crippen molar-refractivity contribution >= 4 is 34.3 Å². The average Bonchev–Trinajstić information content (AvgIpc) is 2.53. The van der Waals surface area contributed by atoms with Crippen LogP contribution in [0, 0.1) is 13.8 Å². The number of benzene rings is 1. The minimum absolute atomic E-state index is 0.0397. The lowest BCUT2D eigenvalue weighted by molar-refractivity contribution is -0.124. The molecule has 0 bridgehead atoms. The van der Waals surface area contributed by atoms with Gasteiger partial charge in [0.2, 0.25) is 0 Å². The van der Waals surface area contributed by atoms with Gasteiger partial charge < -0.3 is 4.74 Å². The molecule has 0 aliphatic rings. The van der Waals surface area contributed by atoms with Gasteiger partial charge >= 0.3 is 12.6 Å². The van der Waals surface area contributed by atoms with Crippen molar-refractivity contribution in [2.45, 2.75) is 40.2 Å². The molecule has 2 rings (SSSR count). The molecule has 0 saturated carbocycles. The van der Waals surface area contributed by atoms with Crippen molar-refractivity contribution in [3.05, 3.63) is 40.1 Å². The highest BCUT2D eigenvalue weighted by Gasteiger charge is 2.29. The third kappa shape index (κ3) is 4.64. The first-order valence-electron chi connectivity index (χ1n) is 7.86. The zero-order valence-electron chi connectivity index (χ0n) is 15.2. The van der Waals surface area contributed by atoms with Crippen LogP contribution < -0.4 is 5.06 Å². The van der Waals surface area contributed by atoms with Gasteiger partial charge in [-0.2, -0.15) is 0 Å². The predicted molar refractivity (Wildman–Crippen MR) is 101 cm³/mol. The molecule has 0 fully saturated rings. The molecular weight excluding hydrogens is 402 g/mol. The van der Waals surface area contributed by atoms with E-state index in [2.05, 4.69) is 30.6 Å². The number of hydrogen-bond acceptors (Lipinski definition) is 6. The summed E-state index contributed by atoms with van der Waals surface area (Å²) in [6, 6.07) is 5.89. The second-order valence-corrected chi connectivity index (χ2v) is 7.37. The summed E-state index contributed by atoms with van der Waals surface area (Å²) in [5, 5.41) is 0.822. The highest BCUT2D eigenvalue weighted by Crippen LogP contribution is 2.31. The number of amides is 1. The van der Waals surface area contributed by atoms with E-state index in [1.165, 1.54) is 0 Å². The van der Waals surface area contributed by atoms with Crippen LogP contribution in [0.5, 0.6) is 0 Å². The zero-order chi connectivity index (χ0) is 19.5. The zero-order valence-corrected chi connectivity index (χ0v) is 16.8. The molecular formula is C18H20BrN3O4. The molecule has 138 valence electrons. The number of halogens is 1. The lowest BCUT2D eigenvalue weighted by Crippen LogP contribution is -2.39. The van der Waals surface area contributed by atoms with Crippen LogP contribution in [0.2, 0.25) is 0 Å². The van der Waals surface area contributed by atoms with Gasteiger partial charge in [0.05, 0.1) is 17.5 Å². The van der Waals surface area contributed by atoms with Gasteiger partial charge in [-0.1, -0.05) is 18.2 Å². The van der Waals surface area contributed by atoms with E-state index in [-0.39, 0.29) is 16.9 Å². The lowest BCUT2D eigenvalue weighted by atomic mass is 10.0. The first-order chi connectivity index (χ1) is 12.1. The third-order valence-electron chi connectivity index (χ3n) is 3.32. The van der Waals surface area contributed by atoms with Gasteiger partial charge in [-0.3, -0.25) is 9.63 Å². The number of carbonyl (C=O) groups is 2. The maximum absolute atomic E-state index is 12.2. The summed E-state index contributed by atoms with van der Waals surface area (Å²) < 4.78 is 4.72. The number of nitrogens with zero attached hydrogens (tertiary/aromatic N) is 3. The largest absolute Gasteiger partial charge is 0.448 e. The number of anilines is 1. The first-order valence-corrected chi connectivity index (χ1v) is 8.66. The summed E-state index contributed by atoms with van der Waals surface area (Å²) in [4.78, 5) is 37.3. The minimum Gasteiger partial charge on any atom is -0.377 e. The van der Waals surface area contributed by atoms with Gasteiger partial charge in [0.15, 0.2) is 10.4 Å². The molecule has 0 spiro atoms. The second-order valence-electron chi connectivity index (χ2n) is 6.61. The quantitative estimate of drug-likeness (QED) is 0.414. The highest BCUT2D eigenvalue weighted by molar-refractivity contribution is 9.10. The monoisotopic (exact) mass is 421 g/mol. The molecule has 0 atom stereocenters. The maximum Gasteiger partial charge on any atom is 0.448 e. The van der Waals surface area contributed by atoms with Gasteiger partial charge in [0, 0.05) is 5.56 Å². The number of rotatable bonds is 4. The van der Waals surface area contributed by atoms with Gasteiger partial charge in [-0.25, -0.2) is 14.8 Å². The van der Waals surface area contributed by atoms with E-state index in [1.54, 1.807) is 27.0 Å². The second kappa shape index (κ2) is 7.92. The van der Waals surface area contributed by atoms with E-state index >= 15 is 0 Å². The van der Waals surface area contributed by atoms with Crippen LogP contribution in [-0.4, -0.2) is 28.1 Å². The Morgan fingerprint density at radius 2 is 1.85 bits per heavy atom. The van der Waals surface area contributed by atoms with E-state index in [1.807, 2.05) is 32.0 Å². The minimum atomic E-state index is -1.01. The number of ether oxygens (including phenoxy) is 1. The highest BCUT2D eigenvalue weighted by atomic mass is 79.9. The van der Waals surface area contributed by atoms with Crippen LogP contribution in [0.1, 0.15) is 31.9 Å². The van der Waals surface area contributed by atoms with Crippen LogP contribution in [0.15, 0.2) is 29.0 Å². The SMILES string of the molecule is Cc1cccc(C)c1-c1cnc(Br)c(N(OC(C)(C)C)C(=O)OC=O)n1. The lowest BCUT2D eigenvalue weighted by Gasteiger charge is -2.28. The van der Waals surface area contributed by atoms with Gasteiger partial charge in [0.25, 0.3) is 0 Å². The Morgan fingerprint density at radius 3 is 2.38 bits per heavy atom. The Hall–Kier alpha value is -2.32. The fourth-order valence-corrected chi connectivity index (χ4v) is 2.71. The van der Waals surface area contributed by atoms with Crippen LogP contribution >= 0.6 is 15.9 Å². The summed E-state index contributed by atoms with van der Waals surface area (Å²) in [6.07, 6.45) is 0.590. The van der Waals surface area contributed by atoms with Crippen molar-refractivity contribution in [1.82, 2.24) is 9.97 Å². The molecule has 0 N–H and O–H groups in total. The van der Waals surface area contributed by atoms with Crippen LogP contribution in [-0.2, 0) is 14.4 Å². The summed E-state index contributed by atoms with van der Waals surface area (Å²) in [7, 11) is 0. The van der Waals surface area contributed by atoms with E-state index in [0.29, 0.717) is 5.69 Å². The standard InChI is InChI=1S/C18H20BrN3O4/c1-11-7-6-8-12(2)14(11)13-9-20-15(19)16(21-13)22(17(24)25-10-23)26-18(3,4)5/h6-10H,1-5H3. The number of hydroxylamine groups is 1. The van der Waals surface area contributed by atoms with Gasteiger partial charge in [0.1, 0.15) is 0 Å². The topological polar surface area (TPSA) is 81.6 Å². The molecule has 0 radical (unpaired) electrons. The molecule has 1 aromatic carbocycles. The Bertz CT molecular complexity index is 813. The number of hydrogen-bond donors (Lipinski definition) is 0. The van der Waals surface area contributed by atoms with Crippen molar-refractivity contribution in [2.75, 3.05) is 5.06 Å². The fourth-order valence-electron chi connectivity index (χ4n) is 2.36. The molecule has 2 aromatic rings. The number of carbonyl (C=O) groups excluding carboxylic acids is 2. The van der Waals surface area contributed by atoms with E-state index < -0.39 is 11.7 Å². The van der Waals surface area contributed by atoms with Crippen molar-refractivity contribution in [3.63, 3.8) is 0 Å². The van der Waals surface area contributed by atoms with Crippen molar-refractivity contribution < 1.29 is 19.2 Å². The molecule has 26 heavy (non-hydrogen) atoms. The molecule has 1 aromatic heterocycles. The normalized spacial score (nSPS) is 11.2. The Morgan fingerprint density at radius 1 is 1.23 bits per heavy atom. The molecule has 0 aliphatic heterocycles. The summed E-state index contributed by atoms with van der Waals surface area (Å²) in [5.74, 6) is 0.0897. The van der Waals surface area contributed by atoms with Crippen LogP contribution in [0.3, 0.4) is 0 Å². The Labute approximate surface area is 160 Å². The fraction of sp³-hybridized carbons (Fsp3) is 0.333. The first kappa shape index (κ1) is 20.0. The third-order valence-corrected chi connectivity index (χ3v) is 3.88. The predicted octanol–water partition coefficient (Wildman–Crippen LogP) is 4.35. The van der Waals surface area contributed by atoms with Gasteiger partial charge in [-0.15, -0.1) is 5.06 Å². The van der Waals surface area contributed by atoms with Crippen LogP contribution in [0.4, 0.5) is 10.6 Å². The molecule has 0 saturated heterocycles. The number of aromatic nitrogens is 2.